The number of fused-ring (bicyclic) bond motifs is 1. The molecule has 0 aliphatic heterocycles. The van der Waals surface area contributed by atoms with E-state index in [-0.39, 0.29) is 30.6 Å². The largest absolute Gasteiger partial charge is 0.394 e. The maximum atomic E-state index is 12.1. The van der Waals surface area contributed by atoms with Gasteiger partial charge in [-0.05, 0) is 24.5 Å². The molecule has 2 unspecified atom stereocenters. The average Bonchev–Trinajstić information content (AvgIpc) is 2.93. The third-order valence-corrected chi connectivity index (χ3v) is 3.70. The molecule has 2 amide bonds. The van der Waals surface area contributed by atoms with Crippen molar-refractivity contribution in [1.29, 1.82) is 0 Å². The van der Waals surface area contributed by atoms with Gasteiger partial charge in [-0.1, -0.05) is 32.9 Å². The van der Waals surface area contributed by atoms with Gasteiger partial charge in [0, 0.05) is 0 Å². The van der Waals surface area contributed by atoms with E-state index < -0.39 is 0 Å². The molecule has 1 aromatic heterocycles. The molecule has 1 heterocycles. The summed E-state index contributed by atoms with van der Waals surface area (Å²) < 4.78 is 0. The highest BCUT2D eigenvalue weighted by molar-refractivity contribution is 5.76. The van der Waals surface area contributed by atoms with Gasteiger partial charge in [0.05, 0.1) is 29.7 Å². The quantitative estimate of drug-likeness (QED) is 0.660. The molecule has 0 aliphatic rings. The Morgan fingerprint density at radius 2 is 2.05 bits per heavy atom. The molecular formula is C16H24N4O2. The molecule has 0 aliphatic carbocycles. The smallest absolute Gasteiger partial charge is 0.315 e. The van der Waals surface area contributed by atoms with Gasteiger partial charge in [0.2, 0.25) is 0 Å². The molecule has 6 heteroatoms. The highest BCUT2D eigenvalue weighted by Gasteiger charge is 2.22. The van der Waals surface area contributed by atoms with Gasteiger partial charge >= 0.3 is 6.03 Å². The van der Waals surface area contributed by atoms with Crippen molar-refractivity contribution in [2.75, 3.05) is 6.61 Å². The van der Waals surface area contributed by atoms with Crippen molar-refractivity contribution in [1.82, 2.24) is 20.6 Å². The standard InChI is InChI=1S/C16H24N4O2/c1-4-11(9-21)17-16(22)20-14(10(2)3)15-18-12-7-5-6-8-13(12)19-15/h5-8,10-11,14,21H,4,9H2,1-3H3,(H,18,19)(H2,17,20,22). The Kier molecular flexibility index (Phi) is 5.38. The number of carbonyl (C=O) groups excluding carboxylic acids is 1. The fourth-order valence-electron chi connectivity index (χ4n) is 2.32. The number of aromatic nitrogens is 2. The van der Waals surface area contributed by atoms with E-state index in [9.17, 15) is 4.79 Å². The Bertz CT molecular complexity index is 586. The summed E-state index contributed by atoms with van der Waals surface area (Å²) in [5.41, 5.74) is 1.83. The molecule has 6 nitrogen and oxygen atoms in total. The number of H-pyrrole nitrogens is 1. The molecule has 2 atom stereocenters. The molecule has 0 radical (unpaired) electrons. The molecule has 120 valence electrons. The molecule has 22 heavy (non-hydrogen) atoms. The van der Waals surface area contributed by atoms with Crippen LogP contribution >= 0.6 is 0 Å². The number of nitrogens with zero attached hydrogens (tertiary/aromatic N) is 1. The fourth-order valence-corrected chi connectivity index (χ4v) is 2.32. The zero-order chi connectivity index (χ0) is 16.1. The van der Waals surface area contributed by atoms with Crippen LogP contribution in [-0.2, 0) is 0 Å². The lowest BCUT2D eigenvalue weighted by molar-refractivity contribution is 0.208. The number of aliphatic hydroxyl groups is 1. The molecule has 1 aromatic carbocycles. The minimum absolute atomic E-state index is 0.0685. The number of aromatic amines is 1. The van der Waals surface area contributed by atoms with Crippen molar-refractivity contribution in [3.8, 4) is 0 Å². The van der Waals surface area contributed by atoms with Crippen LogP contribution in [0.15, 0.2) is 24.3 Å². The fraction of sp³-hybridized carbons (Fsp3) is 0.500. The number of rotatable bonds is 6. The number of urea groups is 1. The summed E-state index contributed by atoms with van der Waals surface area (Å²) in [6, 6.07) is 7.03. The summed E-state index contributed by atoms with van der Waals surface area (Å²) in [4.78, 5) is 19.9. The van der Waals surface area contributed by atoms with Crippen LogP contribution < -0.4 is 10.6 Å². The highest BCUT2D eigenvalue weighted by atomic mass is 16.3. The number of imidazole rings is 1. The second-order valence-electron chi connectivity index (χ2n) is 5.77. The minimum Gasteiger partial charge on any atom is -0.394 e. The third-order valence-electron chi connectivity index (χ3n) is 3.70. The van der Waals surface area contributed by atoms with E-state index in [0.717, 1.165) is 16.9 Å². The van der Waals surface area contributed by atoms with E-state index in [4.69, 9.17) is 5.11 Å². The predicted molar refractivity (Wildman–Crippen MR) is 86.5 cm³/mol. The number of para-hydroxylation sites is 2. The van der Waals surface area contributed by atoms with Gasteiger partial charge in [0.25, 0.3) is 0 Å². The first-order valence-electron chi connectivity index (χ1n) is 7.67. The summed E-state index contributed by atoms with van der Waals surface area (Å²) >= 11 is 0. The third kappa shape index (κ3) is 3.76. The van der Waals surface area contributed by atoms with Crippen LogP contribution in [0.4, 0.5) is 4.79 Å². The first kappa shape index (κ1) is 16.3. The molecule has 0 bridgehead atoms. The van der Waals surface area contributed by atoms with Crippen LogP contribution in [-0.4, -0.2) is 33.8 Å². The van der Waals surface area contributed by atoms with Crippen LogP contribution in [0.25, 0.3) is 11.0 Å². The zero-order valence-electron chi connectivity index (χ0n) is 13.3. The van der Waals surface area contributed by atoms with Crippen molar-refractivity contribution in [2.24, 2.45) is 5.92 Å². The Hall–Kier alpha value is -2.08. The summed E-state index contributed by atoms with van der Waals surface area (Å²) in [5.74, 6) is 0.920. The lowest BCUT2D eigenvalue weighted by Gasteiger charge is -2.22. The first-order chi connectivity index (χ1) is 10.5. The van der Waals surface area contributed by atoms with Crippen molar-refractivity contribution < 1.29 is 9.90 Å². The van der Waals surface area contributed by atoms with Gasteiger partial charge in [0.15, 0.2) is 0 Å². The van der Waals surface area contributed by atoms with Crippen LogP contribution in [0.3, 0.4) is 0 Å². The molecule has 2 aromatic rings. The number of benzene rings is 1. The molecule has 0 saturated heterocycles. The summed E-state index contributed by atoms with van der Waals surface area (Å²) in [5, 5.41) is 14.9. The van der Waals surface area contributed by atoms with E-state index in [1.165, 1.54) is 0 Å². The van der Waals surface area contributed by atoms with Crippen molar-refractivity contribution in [3.05, 3.63) is 30.1 Å². The van der Waals surface area contributed by atoms with Gasteiger partial charge < -0.3 is 20.7 Å². The summed E-state index contributed by atoms with van der Waals surface area (Å²) in [6.07, 6.45) is 0.681. The van der Waals surface area contributed by atoms with E-state index in [1.807, 2.05) is 45.0 Å². The number of amides is 2. The van der Waals surface area contributed by atoms with E-state index in [2.05, 4.69) is 20.6 Å². The van der Waals surface area contributed by atoms with Gasteiger partial charge in [0.1, 0.15) is 5.82 Å². The maximum absolute atomic E-state index is 12.1. The van der Waals surface area contributed by atoms with Gasteiger partial charge in [-0.15, -0.1) is 0 Å². The van der Waals surface area contributed by atoms with Crippen molar-refractivity contribution in [3.63, 3.8) is 0 Å². The lowest BCUT2D eigenvalue weighted by atomic mass is 10.0. The summed E-state index contributed by atoms with van der Waals surface area (Å²) in [6.45, 7) is 5.91. The Labute approximate surface area is 130 Å². The van der Waals surface area contributed by atoms with Crippen LogP contribution in [0.2, 0.25) is 0 Å². The van der Waals surface area contributed by atoms with E-state index in [1.54, 1.807) is 0 Å². The molecular weight excluding hydrogens is 280 g/mol. The second-order valence-corrected chi connectivity index (χ2v) is 5.77. The topological polar surface area (TPSA) is 90.0 Å². The first-order valence-corrected chi connectivity index (χ1v) is 7.67. The van der Waals surface area contributed by atoms with Gasteiger partial charge in [-0.3, -0.25) is 0 Å². The van der Waals surface area contributed by atoms with Gasteiger partial charge in [-0.2, -0.15) is 0 Å². The molecule has 0 fully saturated rings. The van der Waals surface area contributed by atoms with Crippen LogP contribution in [0.1, 0.15) is 39.1 Å². The average molecular weight is 304 g/mol. The highest BCUT2D eigenvalue weighted by Crippen LogP contribution is 2.22. The van der Waals surface area contributed by atoms with Gasteiger partial charge in [-0.25, -0.2) is 9.78 Å². The SMILES string of the molecule is CCC(CO)NC(=O)NC(c1nc2ccccc2[nH]1)C(C)C. The summed E-state index contributed by atoms with van der Waals surface area (Å²) in [7, 11) is 0. The normalized spacial score (nSPS) is 14.0. The molecule has 4 N–H and O–H groups in total. The van der Waals surface area contributed by atoms with E-state index >= 15 is 0 Å². The molecule has 2 rings (SSSR count). The Balaban J connectivity index is 2.14. The Morgan fingerprint density at radius 3 is 2.64 bits per heavy atom. The second kappa shape index (κ2) is 7.26. The lowest BCUT2D eigenvalue weighted by Crippen LogP contribution is -2.45. The van der Waals surface area contributed by atoms with Crippen molar-refractivity contribution >= 4 is 17.1 Å². The Morgan fingerprint density at radius 1 is 1.32 bits per heavy atom. The van der Waals surface area contributed by atoms with E-state index in [0.29, 0.717) is 6.42 Å². The number of hydrogen-bond donors (Lipinski definition) is 4. The predicted octanol–water partition coefficient (Wildman–Crippen LogP) is 2.33. The zero-order valence-corrected chi connectivity index (χ0v) is 13.3. The maximum Gasteiger partial charge on any atom is 0.315 e. The monoisotopic (exact) mass is 304 g/mol. The van der Waals surface area contributed by atoms with Crippen molar-refractivity contribution in [2.45, 2.75) is 39.3 Å². The molecule has 0 saturated carbocycles. The number of nitrogens with one attached hydrogen (secondary N) is 3. The number of hydrogen-bond acceptors (Lipinski definition) is 3. The molecule has 0 spiro atoms. The minimum atomic E-state index is -0.292. The van der Waals surface area contributed by atoms with Crippen LogP contribution in [0, 0.1) is 5.92 Å². The van der Waals surface area contributed by atoms with Crippen LogP contribution in [0.5, 0.6) is 0 Å². The number of carbonyl (C=O) groups is 1. The number of aliphatic hydroxyl groups excluding tert-OH is 1.